The highest BCUT2D eigenvalue weighted by atomic mass is 16.6. The summed E-state index contributed by atoms with van der Waals surface area (Å²) in [6.07, 6.45) is 2.18. The van der Waals surface area contributed by atoms with E-state index in [4.69, 9.17) is 4.74 Å². The number of nitrogens with one attached hydrogen (secondary N) is 2. The average Bonchev–Trinajstić information content (AvgIpc) is 2.16. The quantitative estimate of drug-likeness (QED) is 0.807. The van der Waals surface area contributed by atoms with Gasteiger partial charge < -0.3 is 15.4 Å². The van der Waals surface area contributed by atoms with Crippen LogP contribution in [0.3, 0.4) is 0 Å². The van der Waals surface area contributed by atoms with Crippen LogP contribution in [0.4, 0.5) is 4.79 Å². The molecule has 0 bridgehead atoms. The number of alkyl carbamates (subject to hydrolysis) is 1. The highest BCUT2D eigenvalue weighted by molar-refractivity contribution is 5.67. The van der Waals surface area contributed by atoms with Crippen molar-refractivity contribution in [3.8, 4) is 0 Å². The van der Waals surface area contributed by atoms with Crippen LogP contribution in [-0.4, -0.2) is 30.3 Å². The van der Waals surface area contributed by atoms with Gasteiger partial charge in [0, 0.05) is 18.6 Å². The van der Waals surface area contributed by atoms with Crippen LogP contribution in [0.15, 0.2) is 0 Å². The number of hydrogen-bond acceptors (Lipinski definition) is 3. The lowest BCUT2D eigenvalue weighted by Crippen LogP contribution is -2.50. The van der Waals surface area contributed by atoms with E-state index >= 15 is 0 Å². The second-order valence-electron chi connectivity index (χ2n) is 7.12. The lowest BCUT2D eigenvalue weighted by atomic mass is 9.73. The van der Waals surface area contributed by atoms with Gasteiger partial charge in [-0.15, -0.1) is 0 Å². The van der Waals surface area contributed by atoms with E-state index in [0.29, 0.717) is 12.6 Å². The van der Waals surface area contributed by atoms with E-state index in [1.807, 2.05) is 20.8 Å². The maximum atomic E-state index is 11.5. The number of rotatable bonds is 5. The molecule has 1 unspecified atom stereocenters. The van der Waals surface area contributed by atoms with Crippen LogP contribution in [0.5, 0.6) is 0 Å². The van der Waals surface area contributed by atoms with Crippen LogP contribution in [-0.2, 0) is 4.74 Å². The van der Waals surface area contributed by atoms with Crippen molar-refractivity contribution in [2.24, 2.45) is 11.8 Å². The van der Waals surface area contributed by atoms with Crippen LogP contribution in [0.1, 0.15) is 54.4 Å². The second kappa shape index (κ2) is 6.60. The predicted molar refractivity (Wildman–Crippen MR) is 78.2 cm³/mol. The van der Waals surface area contributed by atoms with Crippen molar-refractivity contribution >= 4 is 6.09 Å². The van der Waals surface area contributed by atoms with Crippen molar-refractivity contribution in [1.29, 1.82) is 0 Å². The van der Waals surface area contributed by atoms with Crippen molar-refractivity contribution in [1.82, 2.24) is 10.6 Å². The van der Waals surface area contributed by atoms with Gasteiger partial charge in [-0.05, 0) is 52.4 Å². The van der Waals surface area contributed by atoms with E-state index in [-0.39, 0.29) is 12.1 Å². The molecule has 1 saturated carbocycles. The number of carbonyl (C=O) groups excluding carboxylic acids is 1. The summed E-state index contributed by atoms with van der Waals surface area (Å²) in [7, 11) is 0. The zero-order valence-electron chi connectivity index (χ0n) is 13.2. The monoisotopic (exact) mass is 270 g/mol. The van der Waals surface area contributed by atoms with Gasteiger partial charge >= 0.3 is 6.09 Å². The van der Waals surface area contributed by atoms with Crippen molar-refractivity contribution in [3.63, 3.8) is 0 Å². The predicted octanol–water partition coefficient (Wildman–Crippen LogP) is 2.92. The fourth-order valence-corrected chi connectivity index (χ4v) is 2.35. The van der Waals surface area contributed by atoms with E-state index in [9.17, 15) is 4.79 Å². The Morgan fingerprint density at radius 3 is 2.32 bits per heavy atom. The van der Waals surface area contributed by atoms with Gasteiger partial charge in [-0.2, -0.15) is 0 Å². The fourth-order valence-electron chi connectivity index (χ4n) is 2.35. The summed E-state index contributed by atoms with van der Waals surface area (Å²) >= 11 is 0. The van der Waals surface area contributed by atoms with Crippen LogP contribution >= 0.6 is 0 Å². The Balaban J connectivity index is 2.12. The van der Waals surface area contributed by atoms with E-state index in [2.05, 4.69) is 31.4 Å². The molecule has 112 valence electrons. The molecule has 0 aromatic heterocycles. The Labute approximate surface area is 117 Å². The van der Waals surface area contributed by atoms with Gasteiger partial charge in [-0.25, -0.2) is 4.79 Å². The Morgan fingerprint density at radius 2 is 1.84 bits per heavy atom. The molecule has 0 heterocycles. The SMILES string of the molecule is CC(CNC(=O)OC(C)(C)C)NC1CC(C(C)C)C1. The molecule has 4 nitrogen and oxygen atoms in total. The summed E-state index contributed by atoms with van der Waals surface area (Å²) in [6.45, 7) is 12.9. The molecule has 1 aliphatic rings. The first-order chi connectivity index (χ1) is 8.67. The van der Waals surface area contributed by atoms with Gasteiger partial charge in [0.1, 0.15) is 5.60 Å². The largest absolute Gasteiger partial charge is 0.444 e. The number of hydrogen-bond donors (Lipinski definition) is 2. The highest BCUT2D eigenvalue weighted by Crippen LogP contribution is 2.33. The molecule has 1 atom stereocenters. The van der Waals surface area contributed by atoms with Crippen LogP contribution in [0.25, 0.3) is 0 Å². The van der Waals surface area contributed by atoms with Crippen molar-refractivity contribution in [2.45, 2.75) is 72.1 Å². The molecule has 19 heavy (non-hydrogen) atoms. The first kappa shape index (κ1) is 16.3. The fraction of sp³-hybridized carbons (Fsp3) is 0.933. The van der Waals surface area contributed by atoms with Gasteiger partial charge in [0.2, 0.25) is 0 Å². The van der Waals surface area contributed by atoms with E-state index in [1.54, 1.807) is 0 Å². The third kappa shape index (κ3) is 6.28. The number of amides is 1. The van der Waals surface area contributed by atoms with E-state index in [0.717, 1.165) is 11.8 Å². The minimum absolute atomic E-state index is 0.283. The summed E-state index contributed by atoms with van der Waals surface area (Å²) < 4.78 is 5.20. The maximum Gasteiger partial charge on any atom is 0.407 e. The van der Waals surface area contributed by atoms with E-state index in [1.165, 1.54) is 12.8 Å². The molecule has 0 aliphatic heterocycles. The molecule has 0 saturated heterocycles. The summed E-state index contributed by atoms with van der Waals surface area (Å²) in [6, 6.07) is 0.897. The van der Waals surface area contributed by atoms with Crippen molar-refractivity contribution < 1.29 is 9.53 Å². The molecule has 2 N–H and O–H groups in total. The molecule has 1 fully saturated rings. The molecular formula is C15H30N2O2. The van der Waals surface area contributed by atoms with Gasteiger partial charge in [-0.3, -0.25) is 0 Å². The summed E-state index contributed by atoms with van der Waals surface area (Å²) in [4.78, 5) is 11.5. The van der Waals surface area contributed by atoms with Gasteiger partial charge in [0.05, 0.1) is 0 Å². The average molecular weight is 270 g/mol. The second-order valence-corrected chi connectivity index (χ2v) is 7.12. The van der Waals surface area contributed by atoms with Crippen LogP contribution in [0, 0.1) is 11.8 Å². The number of carbonyl (C=O) groups is 1. The lowest BCUT2D eigenvalue weighted by molar-refractivity contribution is 0.0519. The molecule has 1 aliphatic carbocycles. The van der Waals surface area contributed by atoms with Crippen LogP contribution in [0.2, 0.25) is 0 Å². The molecule has 0 spiro atoms. The summed E-state index contributed by atoms with van der Waals surface area (Å²) in [5.41, 5.74) is -0.431. The normalized spacial score (nSPS) is 24.8. The van der Waals surface area contributed by atoms with Crippen molar-refractivity contribution in [2.75, 3.05) is 6.54 Å². The van der Waals surface area contributed by atoms with Crippen molar-refractivity contribution in [3.05, 3.63) is 0 Å². The highest BCUT2D eigenvalue weighted by Gasteiger charge is 2.31. The third-order valence-corrected chi connectivity index (χ3v) is 3.59. The molecule has 1 rings (SSSR count). The van der Waals surface area contributed by atoms with Gasteiger partial charge in [0.25, 0.3) is 0 Å². The zero-order valence-corrected chi connectivity index (χ0v) is 13.2. The molecule has 1 amide bonds. The topological polar surface area (TPSA) is 50.4 Å². The maximum absolute atomic E-state index is 11.5. The minimum Gasteiger partial charge on any atom is -0.444 e. The minimum atomic E-state index is -0.431. The third-order valence-electron chi connectivity index (χ3n) is 3.59. The zero-order chi connectivity index (χ0) is 14.6. The standard InChI is InChI=1S/C15H30N2O2/c1-10(2)12-7-13(8-12)17-11(3)9-16-14(18)19-15(4,5)6/h10-13,17H,7-9H2,1-6H3,(H,16,18). The molecule has 0 radical (unpaired) electrons. The Kier molecular flexibility index (Phi) is 5.65. The number of ether oxygens (including phenoxy) is 1. The summed E-state index contributed by atoms with van der Waals surface area (Å²) in [5.74, 6) is 1.65. The van der Waals surface area contributed by atoms with Crippen LogP contribution < -0.4 is 10.6 Å². The lowest BCUT2D eigenvalue weighted by Gasteiger charge is -2.40. The Hall–Kier alpha value is -0.770. The summed E-state index contributed by atoms with van der Waals surface area (Å²) in [5, 5.41) is 6.35. The Morgan fingerprint density at radius 1 is 1.26 bits per heavy atom. The van der Waals surface area contributed by atoms with Gasteiger partial charge in [-0.1, -0.05) is 13.8 Å². The molecule has 4 heteroatoms. The smallest absolute Gasteiger partial charge is 0.407 e. The molecular weight excluding hydrogens is 240 g/mol. The van der Waals surface area contributed by atoms with Gasteiger partial charge in [0.15, 0.2) is 0 Å². The molecule has 0 aromatic carbocycles. The first-order valence-electron chi connectivity index (χ1n) is 7.40. The molecule has 0 aromatic rings. The first-order valence-corrected chi connectivity index (χ1v) is 7.40. The Bertz CT molecular complexity index is 291. The van der Waals surface area contributed by atoms with E-state index < -0.39 is 5.60 Å².